The summed E-state index contributed by atoms with van der Waals surface area (Å²) >= 11 is 0. The summed E-state index contributed by atoms with van der Waals surface area (Å²) in [7, 11) is 0. The van der Waals surface area contributed by atoms with Crippen LogP contribution in [0.3, 0.4) is 0 Å². The Hall–Kier alpha value is -3.22. The van der Waals surface area contributed by atoms with Crippen LogP contribution in [0.15, 0.2) is 42.5 Å². The maximum absolute atomic E-state index is 12.7. The topological polar surface area (TPSA) is 85.9 Å². The van der Waals surface area contributed by atoms with E-state index in [0.29, 0.717) is 35.7 Å². The molecule has 1 heterocycles. The zero-order valence-electron chi connectivity index (χ0n) is 15.8. The molecular weight excluding hydrogens is 360 g/mol. The van der Waals surface area contributed by atoms with Gasteiger partial charge in [-0.1, -0.05) is 0 Å². The average Bonchev–Trinajstić information content (AvgIpc) is 3.35. The first-order valence-electron chi connectivity index (χ1n) is 9.25. The van der Waals surface area contributed by atoms with E-state index in [0.717, 1.165) is 5.75 Å². The molecule has 1 aliphatic carbocycles. The van der Waals surface area contributed by atoms with Crippen LogP contribution in [-0.4, -0.2) is 24.7 Å². The Labute approximate surface area is 163 Å². The molecule has 0 spiro atoms. The third-order valence-electron chi connectivity index (χ3n) is 4.73. The van der Waals surface area contributed by atoms with Gasteiger partial charge in [0.15, 0.2) is 11.5 Å². The van der Waals surface area contributed by atoms with E-state index in [2.05, 4.69) is 10.6 Å². The van der Waals surface area contributed by atoms with Crippen LogP contribution >= 0.6 is 0 Å². The number of hydrogen-bond acceptors (Lipinski definition) is 5. The van der Waals surface area contributed by atoms with Crippen molar-refractivity contribution in [3.63, 3.8) is 0 Å². The highest BCUT2D eigenvalue weighted by atomic mass is 16.7. The molecule has 7 nitrogen and oxygen atoms in total. The fraction of sp³-hybridized carbons (Fsp3) is 0.333. The van der Waals surface area contributed by atoms with E-state index in [9.17, 15) is 9.59 Å². The standard InChI is InChI=1S/C21H22N2O5/c1-13(2)28-16-6-3-14(4-7-16)22-19(24)21(9-10-21)20(25)23-15-5-8-17-18(11-15)27-12-26-17/h3-8,11,13H,9-10,12H2,1-2H3,(H,22,24)(H,23,25). The highest BCUT2D eigenvalue weighted by Crippen LogP contribution is 2.48. The third-order valence-corrected chi connectivity index (χ3v) is 4.73. The third kappa shape index (κ3) is 3.60. The number of rotatable bonds is 6. The summed E-state index contributed by atoms with van der Waals surface area (Å²) < 4.78 is 16.2. The maximum Gasteiger partial charge on any atom is 0.240 e. The van der Waals surface area contributed by atoms with Crippen LogP contribution in [0, 0.1) is 5.41 Å². The number of fused-ring (bicyclic) bond motifs is 1. The van der Waals surface area contributed by atoms with Gasteiger partial charge in [-0.25, -0.2) is 0 Å². The number of anilines is 2. The smallest absolute Gasteiger partial charge is 0.240 e. The lowest BCUT2D eigenvalue weighted by atomic mass is 10.0. The highest BCUT2D eigenvalue weighted by Gasteiger charge is 2.56. The molecule has 0 aromatic heterocycles. The monoisotopic (exact) mass is 382 g/mol. The molecule has 2 aliphatic rings. The van der Waals surface area contributed by atoms with E-state index in [1.165, 1.54) is 0 Å². The molecule has 0 atom stereocenters. The Morgan fingerprint density at radius 2 is 1.54 bits per heavy atom. The number of amides is 2. The predicted molar refractivity (Wildman–Crippen MR) is 104 cm³/mol. The van der Waals surface area contributed by atoms with Crippen LogP contribution in [-0.2, 0) is 9.59 Å². The van der Waals surface area contributed by atoms with Gasteiger partial charge in [0.05, 0.1) is 6.10 Å². The summed E-state index contributed by atoms with van der Waals surface area (Å²) in [4.78, 5) is 25.5. The lowest BCUT2D eigenvalue weighted by molar-refractivity contribution is -0.131. The van der Waals surface area contributed by atoms with Gasteiger partial charge in [-0.3, -0.25) is 9.59 Å². The van der Waals surface area contributed by atoms with Crippen LogP contribution in [0.5, 0.6) is 17.2 Å². The Morgan fingerprint density at radius 1 is 0.929 bits per heavy atom. The lowest BCUT2D eigenvalue weighted by Crippen LogP contribution is -2.35. The summed E-state index contributed by atoms with van der Waals surface area (Å²) in [5.74, 6) is 1.33. The van der Waals surface area contributed by atoms with E-state index >= 15 is 0 Å². The largest absolute Gasteiger partial charge is 0.491 e. The lowest BCUT2D eigenvalue weighted by Gasteiger charge is -2.16. The fourth-order valence-corrected chi connectivity index (χ4v) is 3.05. The van der Waals surface area contributed by atoms with Crippen LogP contribution in [0.25, 0.3) is 0 Å². The van der Waals surface area contributed by atoms with Crippen LogP contribution in [0.1, 0.15) is 26.7 Å². The Morgan fingerprint density at radius 3 is 2.18 bits per heavy atom. The minimum absolute atomic E-state index is 0.0787. The minimum atomic E-state index is -1.04. The SMILES string of the molecule is CC(C)Oc1ccc(NC(=O)C2(C(=O)Nc3ccc4c(c3)OCO4)CC2)cc1. The normalized spacial score (nSPS) is 15.8. The fourth-order valence-electron chi connectivity index (χ4n) is 3.05. The molecule has 2 aromatic carbocycles. The molecular formula is C21H22N2O5. The molecule has 28 heavy (non-hydrogen) atoms. The molecule has 2 amide bonds. The summed E-state index contributed by atoms with van der Waals surface area (Å²) in [6, 6.07) is 12.3. The van der Waals surface area contributed by atoms with Crippen molar-refractivity contribution in [1.29, 1.82) is 0 Å². The number of hydrogen-bond donors (Lipinski definition) is 2. The molecule has 0 radical (unpaired) electrons. The maximum atomic E-state index is 12.7. The molecule has 2 N–H and O–H groups in total. The quantitative estimate of drug-likeness (QED) is 0.746. The second-order valence-electron chi connectivity index (χ2n) is 7.25. The molecule has 0 unspecified atom stereocenters. The number of carbonyl (C=O) groups is 2. The molecule has 1 fully saturated rings. The van der Waals surface area contributed by atoms with Crippen molar-refractivity contribution in [2.24, 2.45) is 5.41 Å². The summed E-state index contributed by atoms with van der Waals surface area (Å²) in [6.45, 7) is 4.07. The van der Waals surface area contributed by atoms with Crippen LogP contribution < -0.4 is 24.8 Å². The van der Waals surface area contributed by atoms with Crippen molar-refractivity contribution >= 4 is 23.2 Å². The van der Waals surface area contributed by atoms with Crippen LogP contribution in [0.4, 0.5) is 11.4 Å². The van der Waals surface area contributed by atoms with Crippen molar-refractivity contribution < 1.29 is 23.8 Å². The van der Waals surface area contributed by atoms with Gasteiger partial charge in [-0.05, 0) is 63.1 Å². The first-order valence-corrected chi connectivity index (χ1v) is 9.25. The van der Waals surface area contributed by atoms with Gasteiger partial charge in [-0.15, -0.1) is 0 Å². The van der Waals surface area contributed by atoms with Crippen molar-refractivity contribution in [1.82, 2.24) is 0 Å². The zero-order chi connectivity index (χ0) is 19.7. The Kier molecular flexibility index (Phi) is 4.58. The van der Waals surface area contributed by atoms with Gasteiger partial charge in [0.25, 0.3) is 0 Å². The molecule has 0 bridgehead atoms. The first kappa shape index (κ1) is 18.2. The van der Waals surface area contributed by atoms with Gasteiger partial charge in [0, 0.05) is 17.4 Å². The van der Waals surface area contributed by atoms with Crippen molar-refractivity contribution in [2.45, 2.75) is 32.8 Å². The van der Waals surface area contributed by atoms with E-state index in [1.807, 2.05) is 13.8 Å². The second kappa shape index (κ2) is 7.07. The average molecular weight is 382 g/mol. The first-order chi connectivity index (χ1) is 13.5. The summed E-state index contributed by atoms with van der Waals surface area (Å²) in [5.41, 5.74) is 0.162. The summed E-state index contributed by atoms with van der Waals surface area (Å²) in [5, 5.41) is 5.65. The predicted octanol–water partition coefficient (Wildman–Crippen LogP) is 3.56. The molecule has 1 saturated carbocycles. The second-order valence-corrected chi connectivity index (χ2v) is 7.25. The van der Waals surface area contributed by atoms with Gasteiger partial charge >= 0.3 is 0 Å². The number of carbonyl (C=O) groups excluding carboxylic acids is 2. The molecule has 4 rings (SSSR count). The molecule has 1 aliphatic heterocycles. The number of nitrogens with one attached hydrogen (secondary N) is 2. The molecule has 7 heteroatoms. The number of benzene rings is 2. The van der Waals surface area contributed by atoms with E-state index in [1.54, 1.807) is 42.5 Å². The van der Waals surface area contributed by atoms with E-state index in [4.69, 9.17) is 14.2 Å². The van der Waals surface area contributed by atoms with Gasteiger partial charge < -0.3 is 24.8 Å². The zero-order valence-corrected chi connectivity index (χ0v) is 15.8. The Balaban J connectivity index is 1.40. The molecule has 146 valence electrons. The minimum Gasteiger partial charge on any atom is -0.491 e. The van der Waals surface area contributed by atoms with Crippen molar-refractivity contribution in [2.75, 3.05) is 17.4 Å². The van der Waals surface area contributed by atoms with Gasteiger partial charge in [-0.2, -0.15) is 0 Å². The van der Waals surface area contributed by atoms with Crippen molar-refractivity contribution in [3.8, 4) is 17.2 Å². The highest BCUT2D eigenvalue weighted by molar-refractivity contribution is 6.16. The van der Waals surface area contributed by atoms with Gasteiger partial charge in [0.2, 0.25) is 18.6 Å². The van der Waals surface area contributed by atoms with E-state index < -0.39 is 5.41 Å². The molecule has 2 aromatic rings. The summed E-state index contributed by atoms with van der Waals surface area (Å²) in [6.07, 6.45) is 1.11. The number of ether oxygens (including phenoxy) is 3. The molecule has 0 saturated heterocycles. The van der Waals surface area contributed by atoms with Crippen LogP contribution in [0.2, 0.25) is 0 Å². The van der Waals surface area contributed by atoms with Gasteiger partial charge in [0.1, 0.15) is 11.2 Å². The Bertz CT molecular complexity index is 904. The van der Waals surface area contributed by atoms with Crippen molar-refractivity contribution in [3.05, 3.63) is 42.5 Å². The van der Waals surface area contributed by atoms with E-state index in [-0.39, 0.29) is 24.7 Å².